The zero-order valence-electron chi connectivity index (χ0n) is 13.9. The quantitative estimate of drug-likeness (QED) is 0.527. The first-order valence-electron chi connectivity index (χ1n) is 7.90. The molecule has 1 aromatic rings. The van der Waals surface area contributed by atoms with E-state index in [0.717, 1.165) is 6.42 Å². The number of ether oxygens (including phenoxy) is 1. The average Bonchev–Trinajstić information content (AvgIpc) is 2.55. The molecule has 0 spiro atoms. The number of sulfonamides is 1. The molecule has 0 amide bonds. The SMILES string of the molecule is Cl.NCCCOC1CCN(S(=O)(=O)c2ccc(SC(F)(F)F)cc2)CC1. The van der Waals surface area contributed by atoms with Gasteiger partial charge in [0.2, 0.25) is 10.0 Å². The van der Waals surface area contributed by atoms with E-state index < -0.39 is 15.5 Å². The number of thioether (sulfide) groups is 1. The third-order valence-electron chi connectivity index (χ3n) is 3.80. The fourth-order valence-corrected chi connectivity index (χ4v) is 4.54. The molecule has 0 bridgehead atoms. The van der Waals surface area contributed by atoms with Crippen LogP contribution in [0.15, 0.2) is 34.1 Å². The summed E-state index contributed by atoms with van der Waals surface area (Å²) in [6, 6.07) is 4.78. The van der Waals surface area contributed by atoms with Crippen molar-refractivity contribution in [2.75, 3.05) is 26.2 Å². The maximum Gasteiger partial charge on any atom is 0.446 e. The lowest BCUT2D eigenvalue weighted by atomic mass is 10.1. The van der Waals surface area contributed by atoms with E-state index in [4.69, 9.17) is 10.5 Å². The number of nitrogens with zero attached hydrogens (tertiary/aromatic N) is 1. The van der Waals surface area contributed by atoms with E-state index in [1.807, 2.05) is 0 Å². The highest BCUT2D eigenvalue weighted by Gasteiger charge is 2.31. The van der Waals surface area contributed by atoms with Crippen LogP contribution >= 0.6 is 24.2 Å². The Hall–Kier alpha value is -0.520. The molecule has 1 fully saturated rings. The zero-order chi connectivity index (χ0) is 18.5. The van der Waals surface area contributed by atoms with E-state index in [9.17, 15) is 21.6 Å². The standard InChI is InChI=1S/C15H21F3N2O3S2.ClH/c16-15(17,18)24-13-2-4-14(5-3-13)25(21,22)20-9-6-12(7-10-20)23-11-1-8-19;/h2-5,12H,1,6-11,19H2;1H. The van der Waals surface area contributed by atoms with Gasteiger partial charge in [0.15, 0.2) is 0 Å². The van der Waals surface area contributed by atoms with E-state index in [0.29, 0.717) is 39.1 Å². The van der Waals surface area contributed by atoms with Crippen LogP contribution in [0.2, 0.25) is 0 Å². The Balaban J connectivity index is 0.00000338. The topological polar surface area (TPSA) is 72.6 Å². The number of benzene rings is 1. The van der Waals surface area contributed by atoms with E-state index in [-0.39, 0.29) is 40.1 Å². The van der Waals surface area contributed by atoms with Gasteiger partial charge in [-0.25, -0.2) is 8.42 Å². The van der Waals surface area contributed by atoms with Crippen LogP contribution < -0.4 is 5.73 Å². The number of nitrogens with two attached hydrogens (primary N) is 1. The van der Waals surface area contributed by atoms with Gasteiger partial charge in [-0.05, 0) is 61.8 Å². The summed E-state index contributed by atoms with van der Waals surface area (Å²) in [7, 11) is -3.70. The highest BCUT2D eigenvalue weighted by Crippen LogP contribution is 2.37. The lowest BCUT2D eigenvalue weighted by molar-refractivity contribution is -0.0328. The Kier molecular flexibility index (Phi) is 9.17. The van der Waals surface area contributed by atoms with Crippen molar-refractivity contribution in [2.45, 2.75) is 40.7 Å². The van der Waals surface area contributed by atoms with E-state index in [1.165, 1.54) is 28.6 Å². The van der Waals surface area contributed by atoms with Gasteiger partial charge in [0.25, 0.3) is 0 Å². The van der Waals surface area contributed by atoms with Gasteiger partial charge in [-0.2, -0.15) is 17.5 Å². The molecule has 2 rings (SSSR count). The van der Waals surface area contributed by atoms with Gasteiger partial charge in [-0.1, -0.05) is 0 Å². The van der Waals surface area contributed by atoms with Crippen molar-refractivity contribution in [3.05, 3.63) is 24.3 Å². The summed E-state index contributed by atoms with van der Waals surface area (Å²) < 4.78 is 69.2. The summed E-state index contributed by atoms with van der Waals surface area (Å²) in [5.74, 6) is 0. The molecule has 150 valence electrons. The van der Waals surface area contributed by atoms with Gasteiger partial charge in [0.05, 0.1) is 11.0 Å². The van der Waals surface area contributed by atoms with Crippen LogP contribution in [0.1, 0.15) is 19.3 Å². The van der Waals surface area contributed by atoms with Gasteiger partial charge in [-0.3, -0.25) is 0 Å². The summed E-state index contributed by atoms with van der Waals surface area (Å²) in [5, 5.41) is 0. The molecule has 1 aliphatic heterocycles. The lowest BCUT2D eigenvalue weighted by Gasteiger charge is -2.31. The Labute approximate surface area is 161 Å². The number of halogens is 4. The highest BCUT2D eigenvalue weighted by molar-refractivity contribution is 8.00. The normalized spacial score (nSPS) is 17.1. The molecular formula is C15H22ClF3N2O3S2. The largest absolute Gasteiger partial charge is 0.446 e. The van der Waals surface area contributed by atoms with Gasteiger partial charge in [0.1, 0.15) is 0 Å². The van der Waals surface area contributed by atoms with Crippen molar-refractivity contribution in [3.8, 4) is 0 Å². The minimum absolute atomic E-state index is 0. The Bertz CT molecular complexity index is 649. The second-order valence-electron chi connectivity index (χ2n) is 5.64. The molecule has 0 radical (unpaired) electrons. The molecule has 1 aromatic carbocycles. The van der Waals surface area contributed by atoms with E-state index in [2.05, 4.69) is 0 Å². The van der Waals surface area contributed by atoms with Crippen molar-refractivity contribution in [2.24, 2.45) is 5.73 Å². The lowest BCUT2D eigenvalue weighted by Crippen LogP contribution is -2.40. The number of hydrogen-bond acceptors (Lipinski definition) is 5. The van der Waals surface area contributed by atoms with Crippen molar-refractivity contribution in [1.29, 1.82) is 0 Å². The van der Waals surface area contributed by atoms with Gasteiger partial charge < -0.3 is 10.5 Å². The molecule has 1 heterocycles. The maximum atomic E-state index is 12.6. The molecule has 1 saturated heterocycles. The summed E-state index contributed by atoms with van der Waals surface area (Å²) in [6.07, 6.45) is 1.96. The first-order valence-corrected chi connectivity index (χ1v) is 10.2. The van der Waals surface area contributed by atoms with Crippen molar-refractivity contribution >= 4 is 34.2 Å². The molecule has 26 heavy (non-hydrogen) atoms. The molecule has 1 aliphatic rings. The summed E-state index contributed by atoms with van der Waals surface area (Å²) in [6.45, 7) is 1.77. The first-order chi connectivity index (χ1) is 11.7. The number of hydrogen-bond donors (Lipinski definition) is 1. The molecular weight excluding hydrogens is 413 g/mol. The van der Waals surface area contributed by atoms with Crippen molar-refractivity contribution in [1.82, 2.24) is 4.31 Å². The molecule has 0 atom stereocenters. The maximum absolute atomic E-state index is 12.6. The van der Waals surface area contributed by atoms with Crippen LogP contribution in [0, 0.1) is 0 Å². The predicted octanol–water partition coefficient (Wildman–Crippen LogP) is 3.24. The van der Waals surface area contributed by atoms with Crippen LogP contribution in [-0.4, -0.2) is 50.6 Å². The van der Waals surface area contributed by atoms with E-state index in [1.54, 1.807) is 0 Å². The third-order valence-corrected chi connectivity index (χ3v) is 6.45. The fraction of sp³-hybridized carbons (Fsp3) is 0.600. The van der Waals surface area contributed by atoms with Crippen LogP contribution in [0.3, 0.4) is 0 Å². The zero-order valence-corrected chi connectivity index (χ0v) is 16.4. The molecule has 0 unspecified atom stereocenters. The fourth-order valence-electron chi connectivity index (χ4n) is 2.53. The van der Waals surface area contributed by atoms with Crippen LogP contribution in [0.5, 0.6) is 0 Å². The highest BCUT2D eigenvalue weighted by atomic mass is 35.5. The van der Waals surface area contributed by atoms with Crippen LogP contribution in [0.25, 0.3) is 0 Å². The first kappa shape index (κ1) is 23.5. The Morgan fingerprint density at radius 2 is 1.77 bits per heavy atom. The summed E-state index contributed by atoms with van der Waals surface area (Å²) in [5.41, 5.74) is 1.00. The van der Waals surface area contributed by atoms with Gasteiger partial charge >= 0.3 is 5.51 Å². The number of rotatable bonds is 7. The van der Waals surface area contributed by atoms with Crippen LogP contribution in [-0.2, 0) is 14.8 Å². The van der Waals surface area contributed by atoms with Gasteiger partial charge in [0, 0.05) is 24.6 Å². The molecule has 0 aromatic heterocycles. The molecule has 5 nitrogen and oxygen atoms in total. The summed E-state index contributed by atoms with van der Waals surface area (Å²) in [4.78, 5) is -0.0417. The summed E-state index contributed by atoms with van der Waals surface area (Å²) >= 11 is -0.269. The van der Waals surface area contributed by atoms with Crippen LogP contribution in [0.4, 0.5) is 13.2 Å². The Morgan fingerprint density at radius 1 is 1.19 bits per heavy atom. The second-order valence-corrected chi connectivity index (χ2v) is 8.71. The average molecular weight is 435 g/mol. The van der Waals surface area contributed by atoms with Crippen molar-refractivity contribution in [3.63, 3.8) is 0 Å². The number of alkyl halides is 3. The van der Waals surface area contributed by atoms with E-state index >= 15 is 0 Å². The number of piperidine rings is 1. The monoisotopic (exact) mass is 434 g/mol. The predicted molar refractivity (Wildman–Crippen MR) is 97.0 cm³/mol. The molecule has 11 heteroatoms. The minimum Gasteiger partial charge on any atom is -0.378 e. The second kappa shape index (κ2) is 10.1. The molecule has 2 N–H and O–H groups in total. The molecule has 0 saturated carbocycles. The molecule has 0 aliphatic carbocycles. The van der Waals surface area contributed by atoms with Crippen molar-refractivity contribution < 1.29 is 26.3 Å². The smallest absolute Gasteiger partial charge is 0.378 e. The third kappa shape index (κ3) is 6.90. The minimum atomic E-state index is -4.40. The van der Waals surface area contributed by atoms with Gasteiger partial charge in [-0.15, -0.1) is 12.4 Å². The Morgan fingerprint density at radius 3 is 2.27 bits per heavy atom.